The van der Waals surface area contributed by atoms with Gasteiger partial charge in [-0.15, -0.1) is 0 Å². The van der Waals surface area contributed by atoms with E-state index < -0.39 is 0 Å². The molecule has 1 aromatic carbocycles. The molecule has 0 unspecified atom stereocenters. The highest BCUT2D eigenvalue weighted by molar-refractivity contribution is 6.31. The number of hydrogen-bond donors (Lipinski definition) is 1. The number of ether oxygens (including phenoxy) is 1. The first-order chi connectivity index (χ1) is 8.60. The molecule has 0 atom stereocenters. The Hall–Kier alpha value is -1.61. The molecule has 0 aliphatic carbocycles. The Kier molecular flexibility index (Phi) is 3.82. The smallest absolute Gasteiger partial charge is 0.143 e. The minimum absolute atomic E-state index is 0.616. The number of methoxy groups -OCH3 is 1. The van der Waals surface area contributed by atoms with Crippen LogP contribution in [0, 0.1) is 13.8 Å². The van der Waals surface area contributed by atoms with Crippen LogP contribution in [0.25, 0.3) is 0 Å². The summed E-state index contributed by atoms with van der Waals surface area (Å²) in [5, 5.41) is 3.98. The third kappa shape index (κ3) is 2.79. The number of nitrogens with one attached hydrogen (secondary N) is 1. The third-order valence-corrected chi connectivity index (χ3v) is 3.14. The van der Waals surface area contributed by atoms with Gasteiger partial charge in [-0.25, -0.2) is 0 Å². The summed E-state index contributed by atoms with van der Waals surface area (Å²) in [5.41, 5.74) is 1.92. The Balaban J connectivity index is 2.15. The van der Waals surface area contributed by atoms with E-state index >= 15 is 0 Å². The van der Waals surface area contributed by atoms with E-state index in [1.54, 1.807) is 7.11 Å². The van der Waals surface area contributed by atoms with Crippen molar-refractivity contribution in [2.24, 2.45) is 0 Å². The van der Waals surface area contributed by atoms with Crippen LogP contribution in [-0.4, -0.2) is 7.11 Å². The third-order valence-electron chi connectivity index (χ3n) is 2.73. The van der Waals surface area contributed by atoms with Crippen molar-refractivity contribution in [1.29, 1.82) is 0 Å². The number of halogens is 1. The summed E-state index contributed by atoms with van der Waals surface area (Å²) in [4.78, 5) is 0. The fourth-order valence-electron chi connectivity index (χ4n) is 1.73. The molecule has 3 nitrogen and oxygen atoms in total. The molecule has 4 heteroatoms. The van der Waals surface area contributed by atoms with Crippen LogP contribution < -0.4 is 10.1 Å². The Morgan fingerprint density at radius 1 is 1.28 bits per heavy atom. The van der Waals surface area contributed by atoms with E-state index in [9.17, 15) is 0 Å². The second-order valence-corrected chi connectivity index (χ2v) is 4.57. The van der Waals surface area contributed by atoms with E-state index in [1.807, 2.05) is 38.1 Å². The molecule has 0 radical (unpaired) electrons. The summed E-state index contributed by atoms with van der Waals surface area (Å²) in [6.07, 6.45) is 0. The lowest BCUT2D eigenvalue weighted by Crippen LogP contribution is -2.01. The zero-order valence-electron chi connectivity index (χ0n) is 10.7. The fraction of sp³-hybridized carbons (Fsp3) is 0.286. The van der Waals surface area contributed by atoms with Gasteiger partial charge in [0.15, 0.2) is 0 Å². The maximum absolute atomic E-state index is 6.06. The van der Waals surface area contributed by atoms with Gasteiger partial charge < -0.3 is 14.5 Å². The zero-order chi connectivity index (χ0) is 13.1. The zero-order valence-corrected chi connectivity index (χ0v) is 11.5. The Bertz CT molecular complexity index is 549. The van der Waals surface area contributed by atoms with Crippen LogP contribution in [0.5, 0.6) is 5.75 Å². The average molecular weight is 266 g/mol. The van der Waals surface area contributed by atoms with Crippen LogP contribution in [-0.2, 0) is 6.54 Å². The number of hydrogen-bond acceptors (Lipinski definition) is 3. The normalized spacial score (nSPS) is 10.4. The largest absolute Gasteiger partial charge is 0.495 e. The molecule has 0 spiro atoms. The minimum Gasteiger partial charge on any atom is -0.495 e. The SMILES string of the molecule is COc1cc(Cl)c(C)cc1NCc1ccc(C)o1. The molecular weight excluding hydrogens is 250 g/mol. The van der Waals surface area contributed by atoms with Crippen LogP contribution in [0.2, 0.25) is 5.02 Å². The summed E-state index contributed by atoms with van der Waals surface area (Å²) < 4.78 is 10.8. The van der Waals surface area contributed by atoms with Crippen LogP contribution in [0.15, 0.2) is 28.7 Å². The molecule has 0 amide bonds. The van der Waals surface area contributed by atoms with E-state index in [0.29, 0.717) is 11.6 Å². The molecule has 0 saturated carbocycles. The summed E-state index contributed by atoms with van der Waals surface area (Å²) in [5.74, 6) is 2.53. The van der Waals surface area contributed by atoms with Crippen molar-refractivity contribution in [3.05, 3.63) is 46.4 Å². The van der Waals surface area contributed by atoms with Gasteiger partial charge >= 0.3 is 0 Å². The first-order valence-electron chi connectivity index (χ1n) is 5.73. The highest BCUT2D eigenvalue weighted by Crippen LogP contribution is 2.31. The van der Waals surface area contributed by atoms with Gasteiger partial charge in [-0.2, -0.15) is 0 Å². The van der Waals surface area contributed by atoms with E-state index in [-0.39, 0.29) is 0 Å². The van der Waals surface area contributed by atoms with E-state index in [4.69, 9.17) is 20.8 Å². The Morgan fingerprint density at radius 2 is 2.06 bits per heavy atom. The molecule has 18 heavy (non-hydrogen) atoms. The predicted octanol–water partition coefficient (Wildman–Crippen LogP) is 4.17. The van der Waals surface area contributed by atoms with E-state index in [0.717, 1.165) is 28.5 Å². The van der Waals surface area contributed by atoms with Gasteiger partial charge in [-0.3, -0.25) is 0 Å². The van der Waals surface area contributed by atoms with E-state index in [1.165, 1.54) is 0 Å². The molecule has 0 fully saturated rings. The maximum Gasteiger partial charge on any atom is 0.143 e. The summed E-state index contributed by atoms with van der Waals surface area (Å²) in [6, 6.07) is 7.68. The van der Waals surface area contributed by atoms with Gasteiger partial charge in [0.2, 0.25) is 0 Å². The number of aryl methyl sites for hydroxylation is 2. The molecule has 2 rings (SSSR count). The van der Waals surface area contributed by atoms with Gasteiger partial charge in [0, 0.05) is 11.1 Å². The lowest BCUT2D eigenvalue weighted by atomic mass is 10.2. The lowest BCUT2D eigenvalue weighted by molar-refractivity contribution is 0.416. The van der Waals surface area contributed by atoms with Crippen molar-refractivity contribution in [1.82, 2.24) is 0 Å². The van der Waals surface area contributed by atoms with Crippen LogP contribution in [0.3, 0.4) is 0 Å². The maximum atomic E-state index is 6.06. The van der Waals surface area contributed by atoms with Gasteiger partial charge in [-0.1, -0.05) is 11.6 Å². The molecule has 0 aliphatic heterocycles. The number of furan rings is 1. The van der Waals surface area contributed by atoms with Crippen LogP contribution in [0.4, 0.5) is 5.69 Å². The quantitative estimate of drug-likeness (QED) is 0.901. The Labute approximate surface area is 112 Å². The highest BCUT2D eigenvalue weighted by Gasteiger charge is 2.07. The van der Waals surface area contributed by atoms with Crippen LogP contribution >= 0.6 is 11.6 Å². The van der Waals surface area contributed by atoms with Crippen molar-refractivity contribution in [2.45, 2.75) is 20.4 Å². The average Bonchev–Trinajstić information content (AvgIpc) is 2.76. The molecule has 2 aromatic rings. The van der Waals surface area contributed by atoms with Crippen molar-refractivity contribution in [3.8, 4) is 5.75 Å². The van der Waals surface area contributed by atoms with Crippen molar-refractivity contribution in [3.63, 3.8) is 0 Å². The van der Waals surface area contributed by atoms with Crippen molar-refractivity contribution in [2.75, 3.05) is 12.4 Å². The highest BCUT2D eigenvalue weighted by atomic mass is 35.5. The molecule has 0 saturated heterocycles. The van der Waals surface area contributed by atoms with E-state index in [2.05, 4.69) is 5.32 Å². The van der Waals surface area contributed by atoms with Gasteiger partial charge in [-0.05, 0) is 37.6 Å². The number of anilines is 1. The molecule has 1 N–H and O–H groups in total. The predicted molar refractivity (Wildman–Crippen MR) is 73.5 cm³/mol. The Morgan fingerprint density at radius 3 is 2.67 bits per heavy atom. The summed E-state index contributed by atoms with van der Waals surface area (Å²) >= 11 is 6.06. The van der Waals surface area contributed by atoms with Crippen molar-refractivity contribution >= 4 is 17.3 Å². The van der Waals surface area contributed by atoms with Gasteiger partial charge in [0.1, 0.15) is 17.3 Å². The van der Waals surface area contributed by atoms with Gasteiger partial charge in [0.05, 0.1) is 19.3 Å². The molecule has 1 aromatic heterocycles. The first-order valence-corrected chi connectivity index (χ1v) is 6.11. The molecular formula is C14H16ClNO2. The monoisotopic (exact) mass is 265 g/mol. The van der Waals surface area contributed by atoms with Crippen LogP contribution in [0.1, 0.15) is 17.1 Å². The molecule has 1 heterocycles. The minimum atomic E-state index is 0.616. The topological polar surface area (TPSA) is 34.4 Å². The lowest BCUT2D eigenvalue weighted by Gasteiger charge is -2.12. The number of benzene rings is 1. The van der Waals surface area contributed by atoms with Crippen molar-refractivity contribution < 1.29 is 9.15 Å². The van der Waals surface area contributed by atoms with Gasteiger partial charge in [0.25, 0.3) is 0 Å². The fourth-order valence-corrected chi connectivity index (χ4v) is 1.89. The second-order valence-electron chi connectivity index (χ2n) is 4.17. The number of rotatable bonds is 4. The second kappa shape index (κ2) is 5.36. The first kappa shape index (κ1) is 12.8. The summed E-state index contributed by atoms with van der Waals surface area (Å²) in [6.45, 7) is 4.51. The molecule has 0 aliphatic rings. The molecule has 0 bridgehead atoms. The standard InChI is InChI=1S/C14H16ClNO2/c1-9-6-13(14(17-3)7-12(9)15)16-8-11-5-4-10(2)18-11/h4-7,16H,8H2,1-3H3. The molecule has 96 valence electrons. The summed E-state index contributed by atoms with van der Waals surface area (Å²) in [7, 11) is 1.63.